The summed E-state index contributed by atoms with van der Waals surface area (Å²) < 4.78 is 18.5. The van der Waals surface area contributed by atoms with Gasteiger partial charge >= 0.3 is 6.01 Å². The van der Waals surface area contributed by atoms with E-state index in [1.165, 1.54) is 24.4 Å². The number of hydrogen-bond acceptors (Lipinski definition) is 6. The number of rotatable bonds is 5. The van der Waals surface area contributed by atoms with E-state index in [2.05, 4.69) is 15.1 Å². The Kier molecular flexibility index (Phi) is 4.75. The second-order valence-electron chi connectivity index (χ2n) is 4.92. The van der Waals surface area contributed by atoms with Gasteiger partial charge in [-0.2, -0.15) is 4.98 Å². The van der Waals surface area contributed by atoms with Gasteiger partial charge in [-0.1, -0.05) is 23.4 Å². The number of Topliss-reactive ketones (excluding diaryl/α,β-unsaturated/α-hetero) is 1. The number of carbonyl (C=O) groups excluding carboxylic acids is 1. The highest BCUT2D eigenvalue weighted by molar-refractivity contribution is 6.50. The molecule has 6 nitrogen and oxygen atoms in total. The molecule has 0 amide bonds. The van der Waals surface area contributed by atoms with Gasteiger partial charge in [0.15, 0.2) is 5.71 Å². The molecule has 124 valence electrons. The summed E-state index contributed by atoms with van der Waals surface area (Å²) in [6.45, 7) is 0. The number of aromatic nitrogens is 2. The van der Waals surface area contributed by atoms with Gasteiger partial charge in [-0.3, -0.25) is 4.79 Å². The summed E-state index contributed by atoms with van der Waals surface area (Å²) in [4.78, 5) is 20.5. The fourth-order valence-electron chi connectivity index (χ4n) is 2.07. The molecule has 0 aliphatic carbocycles. The minimum absolute atomic E-state index is 0.00300. The van der Waals surface area contributed by atoms with Crippen LogP contribution in [0.4, 0.5) is 4.39 Å². The molecule has 0 spiro atoms. The van der Waals surface area contributed by atoms with Crippen molar-refractivity contribution in [1.29, 1.82) is 0 Å². The molecule has 0 radical (unpaired) electrons. The van der Waals surface area contributed by atoms with E-state index in [4.69, 9.17) is 4.74 Å². The molecule has 1 heterocycles. The number of oxime groups is 1. The fraction of sp³-hybridized carbons (Fsp3) is 0. The molecule has 0 bridgehead atoms. The first-order chi connectivity index (χ1) is 12.2. The average Bonchev–Trinajstić information content (AvgIpc) is 2.64. The average molecular weight is 337 g/mol. The third-order valence-corrected chi connectivity index (χ3v) is 3.25. The van der Waals surface area contributed by atoms with Crippen LogP contribution in [0.3, 0.4) is 0 Å². The SMILES string of the molecule is O=C(C(=NO)c1ccnc(Oc2ccccc2)n1)c1ccc(F)cc1. The molecular weight excluding hydrogens is 325 g/mol. The number of halogens is 1. The van der Waals surface area contributed by atoms with Crippen molar-refractivity contribution in [2.45, 2.75) is 0 Å². The Bertz CT molecular complexity index is 912. The smallest absolute Gasteiger partial charge is 0.322 e. The van der Waals surface area contributed by atoms with Crippen LogP contribution in [0.25, 0.3) is 0 Å². The molecule has 7 heteroatoms. The molecule has 3 aromatic rings. The lowest BCUT2D eigenvalue weighted by Crippen LogP contribution is -2.18. The second-order valence-corrected chi connectivity index (χ2v) is 4.92. The van der Waals surface area contributed by atoms with E-state index in [9.17, 15) is 14.4 Å². The van der Waals surface area contributed by atoms with E-state index in [1.807, 2.05) is 6.07 Å². The quantitative estimate of drug-likeness (QED) is 0.333. The Hall–Kier alpha value is -3.61. The fourth-order valence-corrected chi connectivity index (χ4v) is 2.07. The van der Waals surface area contributed by atoms with Crippen molar-refractivity contribution in [3.8, 4) is 11.8 Å². The van der Waals surface area contributed by atoms with E-state index in [1.54, 1.807) is 24.3 Å². The highest BCUT2D eigenvalue weighted by Crippen LogP contribution is 2.17. The van der Waals surface area contributed by atoms with E-state index < -0.39 is 11.6 Å². The van der Waals surface area contributed by atoms with E-state index in [-0.39, 0.29) is 23.0 Å². The summed E-state index contributed by atoms with van der Waals surface area (Å²) in [6, 6.07) is 15.2. The molecule has 0 aliphatic rings. The number of ether oxygens (including phenoxy) is 1. The first kappa shape index (κ1) is 16.3. The zero-order chi connectivity index (χ0) is 17.6. The molecule has 0 atom stereocenters. The minimum Gasteiger partial charge on any atom is -0.424 e. The highest BCUT2D eigenvalue weighted by Gasteiger charge is 2.19. The first-order valence-electron chi connectivity index (χ1n) is 7.26. The Labute approximate surface area is 142 Å². The molecule has 0 saturated carbocycles. The standard InChI is InChI=1S/C18H12FN3O3/c19-13-8-6-12(7-9-13)17(23)16(22-24)15-10-11-20-18(21-15)25-14-4-2-1-3-5-14/h1-11,24H. The predicted octanol–water partition coefficient (Wildman–Crippen LogP) is 3.47. The third-order valence-electron chi connectivity index (χ3n) is 3.25. The van der Waals surface area contributed by atoms with Gasteiger partial charge in [-0.05, 0) is 42.5 Å². The van der Waals surface area contributed by atoms with Crippen LogP contribution in [0.2, 0.25) is 0 Å². The molecule has 0 unspecified atom stereocenters. The summed E-state index contributed by atoms with van der Waals surface area (Å²) in [5.41, 5.74) is -0.0528. The maximum absolute atomic E-state index is 13.0. The molecule has 1 aromatic heterocycles. The van der Waals surface area contributed by atoms with Gasteiger partial charge in [0, 0.05) is 11.8 Å². The second kappa shape index (κ2) is 7.31. The zero-order valence-electron chi connectivity index (χ0n) is 12.8. The van der Waals surface area contributed by atoms with Crippen molar-refractivity contribution < 1.29 is 19.1 Å². The van der Waals surface area contributed by atoms with Gasteiger partial charge in [-0.25, -0.2) is 9.37 Å². The van der Waals surface area contributed by atoms with Gasteiger partial charge in [0.05, 0.1) is 0 Å². The van der Waals surface area contributed by atoms with E-state index in [0.29, 0.717) is 5.75 Å². The highest BCUT2D eigenvalue weighted by atomic mass is 19.1. The molecule has 0 aliphatic heterocycles. The molecule has 0 saturated heterocycles. The van der Waals surface area contributed by atoms with Crippen LogP contribution in [0.15, 0.2) is 72.0 Å². The Balaban J connectivity index is 1.87. The lowest BCUT2D eigenvalue weighted by Gasteiger charge is -2.06. The largest absolute Gasteiger partial charge is 0.424 e. The maximum atomic E-state index is 13.0. The molecule has 25 heavy (non-hydrogen) atoms. The molecule has 3 rings (SSSR count). The number of hydrogen-bond donors (Lipinski definition) is 1. The molecule has 1 N–H and O–H groups in total. The number of carbonyl (C=O) groups is 1. The van der Waals surface area contributed by atoms with Crippen molar-refractivity contribution in [2.24, 2.45) is 5.16 Å². The monoisotopic (exact) mass is 337 g/mol. The van der Waals surface area contributed by atoms with Crippen LogP contribution in [0, 0.1) is 5.82 Å². The number of nitrogens with zero attached hydrogens (tertiary/aromatic N) is 3. The Morgan fingerprint density at radius 1 is 1.04 bits per heavy atom. The van der Waals surface area contributed by atoms with Crippen molar-refractivity contribution in [3.05, 3.63) is 83.9 Å². The number of ketones is 1. The van der Waals surface area contributed by atoms with Gasteiger partial charge in [0.25, 0.3) is 0 Å². The van der Waals surface area contributed by atoms with E-state index in [0.717, 1.165) is 12.1 Å². The Morgan fingerprint density at radius 3 is 2.44 bits per heavy atom. The summed E-state index contributed by atoms with van der Waals surface area (Å²) in [5, 5.41) is 12.3. The summed E-state index contributed by atoms with van der Waals surface area (Å²) in [7, 11) is 0. The Morgan fingerprint density at radius 2 is 1.76 bits per heavy atom. The van der Waals surface area contributed by atoms with Crippen LogP contribution in [-0.2, 0) is 0 Å². The summed E-state index contributed by atoms with van der Waals surface area (Å²) >= 11 is 0. The normalized spacial score (nSPS) is 11.2. The van der Waals surface area contributed by atoms with Crippen molar-refractivity contribution in [2.75, 3.05) is 0 Å². The lowest BCUT2D eigenvalue weighted by molar-refractivity contribution is 0.106. The predicted molar refractivity (Wildman–Crippen MR) is 87.6 cm³/mol. The summed E-state index contributed by atoms with van der Waals surface area (Å²) in [5.74, 6) is -0.557. The van der Waals surface area contributed by atoms with Crippen molar-refractivity contribution >= 4 is 11.5 Å². The third kappa shape index (κ3) is 3.84. The van der Waals surface area contributed by atoms with Gasteiger partial charge in [0.1, 0.15) is 17.3 Å². The van der Waals surface area contributed by atoms with Gasteiger partial charge < -0.3 is 9.94 Å². The van der Waals surface area contributed by atoms with Crippen LogP contribution < -0.4 is 4.74 Å². The summed E-state index contributed by atoms with van der Waals surface area (Å²) in [6.07, 6.45) is 1.38. The van der Waals surface area contributed by atoms with Gasteiger partial charge in [0.2, 0.25) is 5.78 Å². The minimum atomic E-state index is -0.605. The van der Waals surface area contributed by atoms with Crippen molar-refractivity contribution in [1.82, 2.24) is 9.97 Å². The van der Waals surface area contributed by atoms with Crippen LogP contribution >= 0.6 is 0 Å². The lowest BCUT2D eigenvalue weighted by atomic mass is 10.0. The number of para-hydroxylation sites is 1. The number of benzene rings is 2. The first-order valence-corrected chi connectivity index (χ1v) is 7.26. The molecule has 0 fully saturated rings. The molecular formula is C18H12FN3O3. The zero-order valence-corrected chi connectivity index (χ0v) is 12.8. The topological polar surface area (TPSA) is 84.7 Å². The van der Waals surface area contributed by atoms with Crippen LogP contribution in [0.5, 0.6) is 11.8 Å². The van der Waals surface area contributed by atoms with Crippen LogP contribution in [0.1, 0.15) is 16.1 Å². The van der Waals surface area contributed by atoms with Crippen LogP contribution in [-0.4, -0.2) is 26.7 Å². The van der Waals surface area contributed by atoms with Gasteiger partial charge in [-0.15, -0.1) is 0 Å². The van der Waals surface area contributed by atoms with E-state index >= 15 is 0 Å². The maximum Gasteiger partial charge on any atom is 0.322 e. The van der Waals surface area contributed by atoms with Crippen molar-refractivity contribution in [3.63, 3.8) is 0 Å². The molecule has 2 aromatic carbocycles.